The Morgan fingerprint density at radius 3 is 2.71 bits per heavy atom. The maximum atomic E-state index is 12.0. The van der Waals surface area contributed by atoms with Crippen LogP contribution in [0.1, 0.15) is 5.56 Å². The van der Waals surface area contributed by atoms with Crippen LogP contribution in [0.4, 0.5) is 0 Å². The maximum absolute atomic E-state index is 12.0. The Balaban J connectivity index is 1.90. The van der Waals surface area contributed by atoms with Gasteiger partial charge in [0.1, 0.15) is 0 Å². The van der Waals surface area contributed by atoms with E-state index in [1.54, 1.807) is 7.11 Å². The number of carbonyl (C=O) groups excluding carboxylic acids is 1. The number of aryl methyl sites for hydroxylation is 1. The summed E-state index contributed by atoms with van der Waals surface area (Å²) in [6, 6.07) is 15.5. The van der Waals surface area contributed by atoms with E-state index in [9.17, 15) is 4.79 Å². The molecule has 28 heavy (non-hydrogen) atoms. The fraction of sp³-hybridized carbons (Fsp3) is 0.250. The number of benzene rings is 2. The number of ether oxygens (including phenoxy) is 1. The Bertz CT molecular complexity index is 944. The van der Waals surface area contributed by atoms with Gasteiger partial charge in [0, 0.05) is 29.9 Å². The largest absolute Gasteiger partial charge is 0.383 e. The summed E-state index contributed by atoms with van der Waals surface area (Å²) in [5, 5.41) is 12.8. The lowest BCUT2D eigenvalue weighted by Gasteiger charge is -2.11. The SMILES string of the molecule is COCCNC(=O)CSc1nnc(-c2ccc(Cl)cc2)n1-c1cccc(C)c1. The van der Waals surface area contributed by atoms with Gasteiger partial charge in [-0.25, -0.2) is 0 Å². The van der Waals surface area contributed by atoms with Crippen molar-refractivity contribution in [3.8, 4) is 17.1 Å². The first-order chi connectivity index (χ1) is 13.6. The van der Waals surface area contributed by atoms with Crippen molar-refractivity contribution in [1.82, 2.24) is 20.1 Å². The molecular formula is C20H21ClN4O2S. The summed E-state index contributed by atoms with van der Waals surface area (Å²) in [4.78, 5) is 12.0. The Kier molecular flexibility index (Phi) is 7.08. The van der Waals surface area contributed by atoms with E-state index < -0.39 is 0 Å². The normalized spacial score (nSPS) is 10.8. The molecule has 0 aliphatic heterocycles. The standard InChI is InChI=1S/C20H21ClN4O2S/c1-14-4-3-5-17(12-14)25-19(15-6-8-16(21)9-7-15)23-24-20(25)28-13-18(26)22-10-11-27-2/h3-9,12H,10-11,13H2,1-2H3,(H,22,26). The van der Waals surface area contributed by atoms with Gasteiger partial charge in [0.25, 0.3) is 0 Å². The first-order valence-corrected chi connectivity index (χ1v) is 10.1. The number of rotatable bonds is 8. The van der Waals surface area contributed by atoms with E-state index >= 15 is 0 Å². The van der Waals surface area contributed by atoms with Gasteiger partial charge in [0.15, 0.2) is 11.0 Å². The van der Waals surface area contributed by atoms with Crippen LogP contribution in [0.15, 0.2) is 53.7 Å². The fourth-order valence-corrected chi connectivity index (χ4v) is 3.53. The van der Waals surface area contributed by atoms with Gasteiger partial charge in [0.05, 0.1) is 12.4 Å². The number of aromatic nitrogens is 3. The Morgan fingerprint density at radius 1 is 1.21 bits per heavy atom. The van der Waals surface area contributed by atoms with Crippen molar-refractivity contribution in [1.29, 1.82) is 0 Å². The highest BCUT2D eigenvalue weighted by Crippen LogP contribution is 2.29. The van der Waals surface area contributed by atoms with Crippen LogP contribution in [0.5, 0.6) is 0 Å². The molecule has 3 aromatic rings. The smallest absolute Gasteiger partial charge is 0.230 e. The molecule has 3 rings (SSSR count). The Morgan fingerprint density at radius 2 is 2.00 bits per heavy atom. The van der Waals surface area contributed by atoms with Crippen molar-refractivity contribution in [3.05, 3.63) is 59.1 Å². The van der Waals surface area contributed by atoms with Gasteiger partial charge in [-0.1, -0.05) is 35.5 Å². The molecule has 0 saturated carbocycles. The highest BCUT2D eigenvalue weighted by atomic mass is 35.5. The van der Waals surface area contributed by atoms with Gasteiger partial charge >= 0.3 is 0 Å². The lowest BCUT2D eigenvalue weighted by Crippen LogP contribution is -2.28. The highest BCUT2D eigenvalue weighted by molar-refractivity contribution is 7.99. The van der Waals surface area contributed by atoms with Gasteiger partial charge in [-0.2, -0.15) is 0 Å². The summed E-state index contributed by atoms with van der Waals surface area (Å²) in [6.07, 6.45) is 0. The van der Waals surface area contributed by atoms with Crippen LogP contribution >= 0.6 is 23.4 Å². The number of amides is 1. The molecule has 8 heteroatoms. The summed E-state index contributed by atoms with van der Waals surface area (Å²) in [5.74, 6) is 0.868. The summed E-state index contributed by atoms with van der Waals surface area (Å²) < 4.78 is 6.91. The summed E-state index contributed by atoms with van der Waals surface area (Å²) in [7, 11) is 1.60. The molecule has 0 aliphatic rings. The van der Waals surface area contributed by atoms with Gasteiger partial charge in [0.2, 0.25) is 5.91 Å². The minimum Gasteiger partial charge on any atom is -0.383 e. The second kappa shape index (κ2) is 9.73. The van der Waals surface area contributed by atoms with Crippen LogP contribution < -0.4 is 5.32 Å². The van der Waals surface area contributed by atoms with Crippen LogP contribution in [0.25, 0.3) is 17.1 Å². The van der Waals surface area contributed by atoms with Crippen molar-refractivity contribution in [2.45, 2.75) is 12.1 Å². The molecule has 0 aliphatic carbocycles. The molecule has 0 saturated heterocycles. The van der Waals surface area contributed by atoms with Gasteiger partial charge < -0.3 is 10.1 Å². The Labute approximate surface area is 173 Å². The first-order valence-electron chi connectivity index (χ1n) is 8.75. The molecule has 146 valence electrons. The number of methoxy groups -OCH3 is 1. The molecule has 1 aromatic heterocycles. The molecule has 0 bridgehead atoms. The summed E-state index contributed by atoms with van der Waals surface area (Å²) in [5.41, 5.74) is 2.97. The molecule has 0 radical (unpaired) electrons. The van der Waals surface area contributed by atoms with E-state index in [0.717, 1.165) is 16.8 Å². The van der Waals surface area contributed by atoms with Crippen molar-refractivity contribution >= 4 is 29.3 Å². The van der Waals surface area contributed by atoms with Crippen LogP contribution in [0.2, 0.25) is 5.02 Å². The number of hydrogen-bond acceptors (Lipinski definition) is 5. The average Bonchev–Trinajstić information content (AvgIpc) is 3.11. The second-order valence-electron chi connectivity index (χ2n) is 6.12. The molecule has 1 heterocycles. The number of thioether (sulfide) groups is 1. The zero-order chi connectivity index (χ0) is 19.9. The fourth-order valence-electron chi connectivity index (χ4n) is 2.62. The van der Waals surface area contributed by atoms with Crippen molar-refractivity contribution in [2.75, 3.05) is 26.0 Å². The lowest BCUT2D eigenvalue weighted by atomic mass is 10.2. The number of nitrogens with one attached hydrogen (secondary N) is 1. The van der Waals surface area contributed by atoms with Gasteiger partial charge in [-0.15, -0.1) is 10.2 Å². The molecular weight excluding hydrogens is 396 g/mol. The summed E-state index contributed by atoms with van der Waals surface area (Å²) in [6.45, 7) is 3.00. The molecule has 1 amide bonds. The molecule has 1 N–H and O–H groups in total. The number of hydrogen-bond donors (Lipinski definition) is 1. The minimum atomic E-state index is -0.0751. The third kappa shape index (κ3) is 5.13. The first kappa shape index (κ1) is 20.4. The summed E-state index contributed by atoms with van der Waals surface area (Å²) >= 11 is 7.36. The molecule has 0 fully saturated rings. The molecule has 0 spiro atoms. The monoisotopic (exact) mass is 416 g/mol. The van der Waals surface area contributed by atoms with Crippen molar-refractivity contribution < 1.29 is 9.53 Å². The van der Waals surface area contributed by atoms with Crippen LogP contribution in [0.3, 0.4) is 0 Å². The van der Waals surface area contributed by atoms with E-state index in [0.29, 0.717) is 29.2 Å². The van der Waals surface area contributed by atoms with Gasteiger partial charge in [-0.05, 0) is 48.9 Å². The Hall–Kier alpha value is -2.35. The van der Waals surface area contributed by atoms with E-state index in [2.05, 4.69) is 21.6 Å². The highest BCUT2D eigenvalue weighted by Gasteiger charge is 2.17. The molecule has 6 nitrogen and oxygen atoms in total. The molecule has 2 aromatic carbocycles. The van der Waals surface area contributed by atoms with Crippen molar-refractivity contribution in [3.63, 3.8) is 0 Å². The number of nitrogens with zero attached hydrogens (tertiary/aromatic N) is 3. The zero-order valence-electron chi connectivity index (χ0n) is 15.7. The minimum absolute atomic E-state index is 0.0751. The number of halogens is 1. The quantitative estimate of drug-likeness (QED) is 0.447. The van der Waals surface area contributed by atoms with Crippen LogP contribution in [-0.2, 0) is 9.53 Å². The lowest BCUT2D eigenvalue weighted by molar-refractivity contribution is -0.118. The third-order valence-corrected chi connectivity index (χ3v) is 5.14. The van der Waals surface area contributed by atoms with Crippen molar-refractivity contribution in [2.24, 2.45) is 0 Å². The molecule has 0 atom stereocenters. The third-order valence-electron chi connectivity index (χ3n) is 3.96. The van der Waals surface area contributed by atoms with Crippen LogP contribution in [-0.4, -0.2) is 46.7 Å². The predicted octanol–water partition coefficient (Wildman–Crippen LogP) is 3.75. The van der Waals surface area contributed by atoms with E-state index in [1.807, 2.05) is 54.0 Å². The number of carbonyl (C=O) groups is 1. The topological polar surface area (TPSA) is 69.0 Å². The molecule has 0 unspecified atom stereocenters. The van der Waals surface area contributed by atoms with E-state index in [4.69, 9.17) is 16.3 Å². The predicted molar refractivity (Wildman–Crippen MR) is 112 cm³/mol. The van der Waals surface area contributed by atoms with Gasteiger partial charge in [-0.3, -0.25) is 9.36 Å². The van der Waals surface area contributed by atoms with Crippen LogP contribution in [0, 0.1) is 6.92 Å². The second-order valence-corrected chi connectivity index (χ2v) is 7.50. The average molecular weight is 417 g/mol. The maximum Gasteiger partial charge on any atom is 0.230 e. The van der Waals surface area contributed by atoms with E-state index in [1.165, 1.54) is 11.8 Å². The van der Waals surface area contributed by atoms with E-state index in [-0.39, 0.29) is 11.7 Å². The zero-order valence-corrected chi connectivity index (χ0v) is 17.3.